The highest BCUT2D eigenvalue weighted by atomic mass is 32.2. The third kappa shape index (κ3) is 7.54. The number of hydrogen-bond donors (Lipinski definition) is 4. The van der Waals surface area contributed by atoms with Gasteiger partial charge in [0.05, 0.1) is 24.2 Å². The van der Waals surface area contributed by atoms with Gasteiger partial charge in [-0.15, -0.1) is 0 Å². The number of methoxy groups -OCH3 is 1. The molecule has 1 amide bonds. The van der Waals surface area contributed by atoms with E-state index in [-0.39, 0.29) is 23.8 Å². The standard InChI is InChI=1S/C22H30N2O6S/c1-15(2)11-17-13-18(30-3)9-10-21(17)31(28,29)23-14-20(25)19(24-22(26)27)12-16-7-5-4-6-8-16/h4-10,13,15,19-20,23-25H,11-12,14H2,1-3H3,(H,26,27)/t19-,20+/m0/s1. The van der Waals surface area contributed by atoms with E-state index in [0.29, 0.717) is 17.7 Å². The molecule has 170 valence electrons. The van der Waals surface area contributed by atoms with Crippen LogP contribution in [0.5, 0.6) is 5.75 Å². The molecule has 0 aliphatic heterocycles. The highest BCUT2D eigenvalue weighted by Crippen LogP contribution is 2.24. The van der Waals surface area contributed by atoms with Crippen LogP contribution in [0.1, 0.15) is 25.0 Å². The molecule has 0 saturated heterocycles. The van der Waals surface area contributed by atoms with Crippen molar-refractivity contribution in [2.45, 2.75) is 43.7 Å². The zero-order chi connectivity index (χ0) is 23.0. The average Bonchev–Trinajstić information content (AvgIpc) is 2.71. The van der Waals surface area contributed by atoms with Crippen LogP contribution in [0.4, 0.5) is 4.79 Å². The van der Waals surface area contributed by atoms with Gasteiger partial charge in [0.2, 0.25) is 10.0 Å². The van der Waals surface area contributed by atoms with Gasteiger partial charge in [0, 0.05) is 6.54 Å². The van der Waals surface area contributed by atoms with Crippen molar-refractivity contribution in [1.82, 2.24) is 10.0 Å². The number of nitrogens with one attached hydrogen (secondary N) is 2. The minimum atomic E-state index is -3.93. The fourth-order valence-electron chi connectivity index (χ4n) is 3.27. The van der Waals surface area contributed by atoms with E-state index in [2.05, 4.69) is 10.0 Å². The predicted octanol–water partition coefficient (Wildman–Crippen LogP) is 2.41. The second kappa shape index (κ2) is 11.1. The molecule has 0 aliphatic rings. The Kier molecular flexibility index (Phi) is 8.85. The van der Waals surface area contributed by atoms with E-state index in [0.717, 1.165) is 5.56 Å². The maximum absolute atomic E-state index is 12.9. The van der Waals surface area contributed by atoms with Crippen molar-refractivity contribution in [3.8, 4) is 5.75 Å². The fraction of sp³-hybridized carbons (Fsp3) is 0.409. The Morgan fingerprint density at radius 1 is 1.10 bits per heavy atom. The molecular weight excluding hydrogens is 420 g/mol. The molecule has 2 aromatic carbocycles. The van der Waals surface area contributed by atoms with Crippen LogP contribution in [0, 0.1) is 5.92 Å². The molecular formula is C22H30N2O6S. The van der Waals surface area contributed by atoms with Gasteiger partial charge in [-0.1, -0.05) is 44.2 Å². The van der Waals surface area contributed by atoms with Crippen molar-refractivity contribution in [2.24, 2.45) is 5.92 Å². The van der Waals surface area contributed by atoms with Crippen molar-refractivity contribution in [2.75, 3.05) is 13.7 Å². The van der Waals surface area contributed by atoms with Crippen molar-refractivity contribution >= 4 is 16.1 Å². The molecule has 0 aliphatic carbocycles. The molecule has 0 aromatic heterocycles. The topological polar surface area (TPSA) is 125 Å². The number of hydrogen-bond acceptors (Lipinski definition) is 5. The number of carboxylic acid groups (broad SMARTS) is 1. The Bertz CT molecular complexity index is 963. The summed E-state index contributed by atoms with van der Waals surface area (Å²) in [5.41, 5.74) is 1.43. The van der Waals surface area contributed by atoms with Crippen LogP contribution in [0.15, 0.2) is 53.4 Å². The third-order valence-electron chi connectivity index (χ3n) is 4.74. The van der Waals surface area contributed by atoms with Crippen molar-refractivity contribution in [3.63, 3.8) is 0 Å². The first-order valence-electron chi connectivity index (χ1n) is 10.0. The van der Waals surface area contributed by atoms with Gasteiger partial charge < -0.3 is 20.3 Å². The molecule has 0 unspecified atom stereocenters. The monoisotopic (exact) mass is 450 g/mol. The summed E-state index contributed by atoms with van der Waals surface area (Å²) >= 11 is 0. The van der Waals surface area contributed by atoms with E-state index < -0.39 is 28.3 Å². The van der Waals surface area contributed by atoms with Crippen LogP contribution in [-0.4, -0.2) is 50.5 Å². The minimum Gasteiger partial charge on any atom is -0.497 e. The number of carbonyl (C=O) groups is 1. The summed E-state index contributed by atoms with van der Waals surface area (Å²) in [6, 6.07) is 12.9. The first-order chi connectivity index (χ1) is 14.6. The van der Waals surface area contributed by atoms with E-state index in [4.69, 9.17) is 9.84 Å². The second-order valence-electron chi connectivity index (χ2n) is 7.74. The summed E-state index contributed by atoms with van der Waals surface area (Å²) in [4.78, 5) is 11.3. The van der Waals surface area contributed by atoms with Crippen molar-refractivity contribution in [3.05, 3.63) is 59.7 Å². The highest BCUT2D eigenvalue weighted by Gasteiger charge is 2.25. The number of amides is 1. The minimum absolute atomic E-state index is 0.111. The van der Waals surface area contributed by atoms with Gasteiger partial charge in [-0.2, -0.15) is 0 Å². The van der Waals surface area contributed by atoms with E-state index >= 15 is 0 Å². The number of sulfonamides is 1. The molecule has 9 heteroatoms. The Balaban J connectivity index is 2.17. The van der Waals surface area contributed by atoms with Gasteiger partial charge in [0.1, 0.15) is 5.75 Å². The molecule has 0 radical (unpaired) electrons. The van der Waals surface area contributed by atoms with Gasteiger partial charge in [-0.3, -0.25) is 0 Å². The molecule has 8 nitrogen and oxygen atoms in total. The smallest absolute Gasteiger partial charge is 0.404 e. The largest absolute Gasteiger partial charge is 0.497 e. The Morgan fingerprint density at radius 3 is 2.35 bits per heavy atom. The molecule has 31 heavy (non-hydrogen) atoms. The second-order valence-corrected chi connectivity index (χ2v) is 9.47. The van der Waals surface area contributed by atoms with Crippen molar-refractivity contribution in [1.29, 1.82) is 0 Å². The van der Waals surface area contributed by atoms with Gasteiger partial charge >= 0.3 is 6.09 Å². The maximum Gasteiger partial charge on any atom is 0.404 e. The molecule has 0 fully saturated rings. The van der Waals surface area contributed by atoms with Gasteiger partial charge in [0.15, 0.2) is 0 Å². The van der Waals surface area contributed by atoms with E-state index in [1.807, 2.05) is 44.2 Å². The lowest BCUT2D eigenvalue weighted by Crippen LogP contribution is -2.49. The molecule has 2 aromatic rings. The van der Waals surface area contributed by atoms with E-state index in [1.165, 1.54) is 13.2 Å². The molecule has 0 heterocycles. The lowest BCUT2D eigenvalue weighted by Gasteiger charge is -2.23. The summed E-state index contributed by atoms with van der Waals surface area (Å²) < 4.78 is 33.5. The SMILES string of the molecule is COc1ccc(S(=O)(=O)NC[C@@H](O)[C@H](Cc2ccccc2)NC(=O)O)c(CC(C)C)c1. The highest BCUT2D eigenvalue weighted by molar-refractivity contribution is 7.89. The normalized spacial score (nSPS) is 13.6. The van der Waals surface area contributed by atoms with Crippen LogP contribution in [0.3, 0.4) is 0 Å². The van der Waals surface area contributed by atoms with Crippen LogP contribution in [0.2, 0.25) is 0 Å². The summed E-state index contributed by atoms with van der Waals surface area (Å²) in [6.07, 6.45) is -1.81. The molecule has 0 bridgehead atoms. The summed E-state index contributed by atoms with van der Waals surface area (Å²) in [5.74, 6) is 0.782. The van der Waals surface area contributed by atoms with Crippen LogP contribution in [0.25, 0.3) is 0 Å². The van der Waals surface area contributed by atoms with E-state index in [9.17, 15) is 18.3 Å². The number of rotatable bonds is 11. The molecule has 2 atom stereocenters. The molecule has 4 N–H and O–H groups in total. The van der Waals surface area contributed by atoms with Crippen LogP contribution in [-0.2, 0) is 22.9 Å². The Labute approximate surface area is 183 Å². The van der Waals surface area contributed by atoms with Gasteiger partial charge in [-0.05, 0) is 48.1 Å². The van der Waals surface area contributed by atoms with Crippen LogP contribution >= 0.6 is 0 Å². The lowest BCUT2D eigenvalue weighted by atomic mass is 10.0. The fourth-order valence-corrected chi connectivity index (χ4v) is 4.55. The number of aliphatic hydroxyl groups excluding tert-OH is 1. The van der Waals surface area contributed by atoms with Gasteiger partial charge in [-0.25, -0.2) is 17.9 Å². The number of aliphatic hydroxyl groups is 1. The molecule has 0 saturated carbocycles. The zero-order valence-corrected chi connectivity index (χ0v) is 18.7. The quantitative estimate of drug-likeness (QED) is 0.417. The summed E-state index contributed by atoms with van der Waals surface area (Å²) in [7, 11) is -2.42. The number of ether oxygens (including phenoxy) is 1. The number of benzene rings is 2. The summed E-state index contributed by atoms with van der Waals surface area (Å²) in [6.45, 7) is 3.63. The Morgan fingerprint density at radius 2 is 1.77 bits per heavy atom. The lowest BCUT2D eigenvalue weighted by molar-refractivity contribution is 0.122. The first kappa shape index (κ1) is 24.6. The molecule has 0 spiro atoms. The maximum atomic E-state index is 12.9. The Hall–Kier alpha value is -2.62. The summed E-state index contributed by atoms with van der Waals surface area (Å²) in [5, 5.41) is 21.9. The predicted molar refractivity (Wildman–Crippen MR) is 118 cm³/mol. The van der Waals surface area contributed by atoms with Gasteiger partial charge in [0.25, 0.3) is 0 Å². The van der Waals surface area contributed by atoms with Crippen molar-refractivity contribution < 1.29 is 28.2 Å². The average molecular weight is 451 g/mol. The first-order valence-corrected chi connectivity index (χ1v) is 11.5. The third-order valence-corrected chi connectivity index (χ3v) is 6.26. The van der Waals surface area contributed by atoms with E-state index in [1.54, 1.807) is 12.1 Å². The molecule has 2 rings (SSSR count). The van der Waals surface area contributed by atoms with Crippen LogP contribution < -0.4 is 14.8 Å². The zero-order valence-electron chi connectivity index (χ0n) is 17.9.